The number of hydrazone groups is 1. The first-order valence-electron chi connectivity index (χ1n) is 4.65. The van der Waals surface area contributed by atoms with Crippen LogP contribution in [0.4, 0.5) is 0 Å². The molecular formula is C11H11N3O3. The third kappa shape index (κ3) is 3.88. The Morgan fingerprint density at radius 1 is 1.29 bits per heavy atom. The summed E-state index contributed by atoms with van der Waals surface area (Å²) in [5, 5.41) is 11.5. The Bertz CT molecular complexity index is 452. The lowest BCUT2D eigenvalue weighted by Gasteiger charge is -1.99. The first-order valence-corrected chi connectivity index (χ1v) is 4.65. The maximum absolute atomic E-state index is 11.3. The highest BCUT2D eigenvalue weighted by Gasteiger charge is 2.02. The number of hydrogen-bond acceptors (Lipinski definition) is 4. The van der Waals surface area contributed by atoms with E-state index in [0.717, 1.165) is 5.56 Å². The van der Waals surface area contributed by atoms with E-state index in [1.54, 1.807) is 24.3 Å². The highest BCUT2D eigenvalue weighted by Crippen LogP contribution is 2.06. The zero-order valence-electron chi connectivity index (χ0n) is 8.88. The SMILES string of the molecule is C=NNC(=O)c1ccc(/C=C/C(=O)NO)cc1. The second-order valence-electron chi connectivity index (χ2n) is 3.03. The fourth-order valence-corrected chi connectivity index (χ4v) is 1.09. The highest BCUT2D eigenvalue weighted by molar-refractivity contribution is 5.94. The number of hydrogen-bond donors (Lipinski definition) is 3. The molecule has 2 amide bonds. The number of carbonyl (C=O) groups is 2. The van der Waals surface area contributed by atoms with Gasteiger partial charge >= 0.3 is 0 Å². The van der Waals surface area contributed by atoms with Crippen LogP contribution in [-0.2, 0) is 4.79 Å². The van der Waals surface area contributed by atoms with Crippen molar-refractivity contribution in [2.24, 2.45) is 5.10 Å². The summed E-state index contributed by atoms with van der Waals surface area (Å²) in [5.74, 6) is -0.980. The molecule has 0 bridgehead atoms. The molecule has 1 aromatic carbocycles. The molecule has 0 fully saturated rings. The van der Waals surface area contributed by atoms with Crippen molar-refractivity contribution in [3.8, 4) is 0 Å². The van der Waals surface area contributed by atoms with Gasteiger partial charge in [-0.1, -0.05) is 12.1 Å². The van der Waals surface area contributed by atoms with E-state index in [-0.39, 0.29) is 5.91 Å². The Kier molecular flexibility index (Phi) is 4.58. The van der Waals surface area contributed by atoms with E-state index in [1.807, 2.05) is 0 Å². The van der Waals surface area contributed by atoms with Gasteiger partial charge in [0.05, 0.1) is 0 Å². The van der Waals surface area contributed by atoms with Gasteiger partial charge < -0.3 is 0 Å². The van der Waals surface area contributed by atoms with Crippen LogP contribution < -0.4 is 10.9 Å². The van der Waals surface area contributed by atoms with E-state index >= 15 is 0 Å². The van der Waals surface area contributed by atoms with Crippen LogP contribution >= 0.6 is 0 Å². The summed E-state index contributed by atoms with van der Waals surface area (Å²) in [6.07, 6.45) is 2.67. The number of nitrogens with zero attached hydrogens (tertiary/aromatic N) is 1. The molecule has 88 valence electrons. The number of hydroxylamine groups is 1. The van der Waals surface area contributed by atoms with Crippen LogP contribution in [0.15, 0.2) is 35.4 Å². The minimum Gasteiger partial charge on any atom is -0.288 e. The van der Waals surface area contributed by atoms with Gasteiger partial charge in [-0.3, -0.25) is 14.8 Å². The molecule has 6 heteroatoms. The van der Waals surface area contributed by atoms with Crippen LogP contribution in [0.1, 0.15) is 15.9 Å². The quantitative estimate of drug-likeness (QED) is 0.307. The third-order valence-corrected chi connectivity index (χ3v) is 1.89. The second kappa shape index (κ2) is 6.19. The van der Waals surface area contributed by atoms with Crippen LogP contribution in [0.25, 0.3) is 6.08 Å². The van der Waals surface area contributed by atoms with Gasteiger partial charge in [-0.2, -0.15) is 5.10 Å². The summed E-state index contributed by atoms with van der Waals surface area (Å²) < 4.78 is 0. The molecule has 6 nitrogen and oxygen atoms in total. The van der Waals surface area contributed by atoms with Crippen molar-refractivity contribution in [3.63, 3.8) is 0 Å². The van der Waals surface area contributed by atoms with Crippen molar-refractivity contribution in [1.29, 1.82) is 0 Å². The molecular weight excluding hydrogens is 222 g/mol. The first kappa shape index (κ1) is 12.6. The Balaban J connectivity index is 2.74. The van der Waals surface area contributed by atoms with Crippen molar-refractivity contribution in [1.82, 2.24) is 10.9 Å². The monoisotopic (exact) mass is 233 g/mol. The van der Waals surface area contributed by atoms with E-state index in [4.69, 9.17) is 5.21 Å². The predicted octanol–water partition coefficient (Wildman–Crippen LogP) is 0.551. The average Bonchev–Trinajstić information content (AvgIpc) is 2.36. The Morgan fingerprint density at radius 2 is 1.94 bits per heavy atom. The van der Waals surface area contributed by atoms with Gasteiger partial charge in [0.2, 0.25) is 0 Å². The predicted molar refractivity (Wildman–Crippen MR) is 62.4 cm³/mol. The minimum absolute atomic E-state index is 0.358. The fourth-order valence-electron chi connectivity index (χ4n) is 1.09. The standard InChI is InChI=1S/C11H11N3O3/c1-12-13-11(16)9-5-2-8(3-6-9)4-7-10(15)14-17/h2-7,17H,1H2,(H,13,16)(H,14,15)/b7-4+. The van der Waals surface area contributed by atoms with Gasteiger partial charge in [0.15, 0.2) is 0 Å². The largest absolute Gasteiger partial charge is 0.288 e. The Labute approximate surface area is 97.6 Å². The number of rotatable bonds is 4. The van der Waals surface area contributed by atoms with E-state index in [1.165, 1.54) is 17.6 Å². The molecule has 1 aromatic rings. The van der Waals surface area contributed by atoms with E-state index in [9.17, 15) is 9.59 Å². The molecule has 17 heavy (non-hydrogen) atoms. The number of benzene rings is 1. The van der Waals surface area contributed by atoms with Crippen LogP contribution in [0.2, 0.25) is 0 Å². The maximum Gasteiger partial charge on any atom is 0.271 e. The molecule has 0 heterocycles. The molecule has 0 aliphatic carbocycles. The Morgan fingerprint density at radius 3 is 2.47 bits per heavy atom. The van der Waals surface area contributed by atoms with Crippen LogP contribution in [0.3, 0.4) is 0 Å². The topological polar surface area (TPSA) is 90.8 Å². The van der Waals surface area contributed by atoms with E-state index < -0.39 is 5.91 Å². The summed E-state index contributed by atoms with van der Waals surface area (Å²) >= 11 is 0. The number of amides is 2. The van der Waals surface area contributed by atoms with Crippen LogP contribution in [-0.4, -0.2) is 23.7 Å². The minimum atomic E-state index is -0.623. The lowest BCUT2D eigenvalue weighted by Crippen LogP contribution is -2.16. The van der Waals surface area contributed by atoms with E-state index in [0.29, 0.717) is 5.56 Å². The third-order valence-electron chi connectivity index (χ3n) is 1.89. The molecule has 0 saturated carbocycles. The van der Waals surface area contributed by atoms with E-state index in [2.05, 4.69) is 17.2 Å². The molecule has 0 radical (unpaired) electrons. The van der Waals surface area contributed by atoms with Gasteiger partial charge in [-0.05, 0) is 23.8 Å². The highest BCUT2D eigenvalue weighted by atomic mass is 16.5. The van der Waals surface area contributed by atoms with Gasteiger partial charge in [0, 0.05) is 18.4 Å². The molecule has 0 aliphatic rings. The average molecular weight is 233 g/mol. The second-order valence-corrected chi connectivity index (χ2v) is 3.03. The molecule has 0 unspecified atom stereocenters. The van der Waals surface area contributed by atoms with Crippen molar-refractivity contribution < 1.29 is 14.8 Å². The van der Waals surface area contributed by atoms with Gasteiger partial charge in [0.25, 0.3) is 11.8 Å². The summed E-state index contributed by atoms with van der Waals surface area (Å²) in [6.45, 7) is 3.14. The zero-order chi connectivity index (χ0) is 12.7. The van der Waals surface area contributed by atoms with Crippen LogP contribution in [0.5, 0.6) is 0 Å². The maximum atomic E-state index is 11.3. The van der Waals surface area contributed by atoms with Crippen molar-refractivity contribution >= 4 is 24.6 Å². The molecule has 3 N–H and O–H groups in total. The summed E-state index contributed by atoms with van der Waals surface area (Å²) in [4.78, 5) is 22.0. The van der Waals surface area contributed by atoms with Gasteiger partial charge in [0.1, 0.15) is 0 Å². The van der Waals surface area contributed by atoms with Gasteiger partial charge in [-0.25, -0.2) is 10.9 Å². The van der Waals surface area contributed by atoms with Gasteiger partial charge in [-0.15, -0.1) is 0 Å². The fraction of sp³-hybridized carbons (Fsp3) is 0. The summed E-state index contributed by atoms with van der Waals surface area (Å²) in [7, 11) is 0. The molecule has 1 rings (SSSR count). The normalized spacial score (nSPS) is 9.94. The zero-order valence-corrected chi connectivity index (χ0v) is 8.88. The number of carbonyl (C=O) groups excluding carboxylic acids is 2. The Hall–Kier alpha value is -2.47. The number of nitrogens with one attached hydrogen (secondary N) is 2. The lowest BCUT2D eigenvalue weighted by atomic mass is 10.1. The summed E-state index contributed by atoms with van der Waals surface area (Å²) in [6, 6.07) is 6.46. The molecule has 0 aliphatic heterocycles. The summed E-state index contributed by atoms with van der Waals surface area (Å²) in [5.41, 5.74) is 4.82. The lowest BCUT2D eigenvalue weighted by molar-refractivity contribution is -0.124. The molecule has 0 saturated heterocycles. The molecule has 0 aromatic heterocycles. The van der Waals surface area contributed by atoms with Crippen molar-refractivity contribution in [2.45, 2.75) is 0 Å². The molecule has 0 spiro atoms. The van der Waals surface area contributed by atoms with Crippen LogP contribution in [0, 0.1) is 0 Å². The first-order chi connectivity index (χ1) is 8.17. The van der Waals surface area contributed by atoms with Crippen molar-refractivity contribution in [2.75, 3.05) is 0 Å². The smallest absolute Gasteiger partial charge is 0.271 e. The van der Waals surface area contributed by atoms with Crippen molar-refractivity contribution in [3.05, 3.63) is 41.5 Å². The molecule has 0 atom stereocenters.